The first-order valence-electron chi connectivity index (χ1n) is 6.83. The summed E-state index contributed by atoms with van der Waals surface area (Å²) in [6.07, 6.45) is -1.09. The minimum atomic E-state index is -4.01. The summed E-state index contributed by atoms with van der Waals surface area (Å²) in [6, 6.07) is 10.5. The Balaban J connectivity index is 2.14. The summed E-state index contributed by atoms with van der Waals surface area (Å²) in [7, 11) is -4.01. The number of carbonyl (C=O) groups is 1. The number of anilines is 1. The minimum absolute atomic E-state index is 0.0834. The zero-order chi connectivity index (χ0) is 17.5. The van der Waals surface area contributed by atoms with Gasteiger partial charge in [0.25, 0.3) is 15.9 Å². The first-order valence-corrected chi connectivity index (χ1v) is 9.02. The molecule has 6 nitrogen and oxygen atoms in total. The van der Waals surface area contributed by atoms with Crippen molar-refractivity contribution in [2.24, 2.45) is 5.73 Å². The third-order valence-corrected chi connectivity index (χ3v) is 5.67. The molecule has 126 valence electrons. The molecule has 1 unspecified atom stereocenters. The van der Waals surface area contributed by atoms with Crippen molar-refractivity contribution in [3.63, 3.8) is 0 Å². The van der Waals surface area contributed by atoms with Gasteiger partial charge in [0.1, 0.15) is 5.75 Å². The second-order valence-corrected chi connectivity index (χ2v) is 7.85. The summed E-state index contributed by atoms with van der Waals surface area (Å²) >= 11 is 11.8. The Morgan fingerprint density at radius 2 is 1.79 bits per heavy atom. The van der Waals surface area contributed by atoms with E-state index >= 15 is 0 Å². The van der Waals surface area contributed by atoms with Gasteiger partial charge in [-0.05, 0) is 30.3 Å². The van der Waals surface area contributed by atoms with Crippen LogP contribution in [0, 0.1) is 0 Å². The SMILES string of the molecule is NC(=O)C1CN(S(=O)(=O)c2cc(Cl)cc(Cl)c2)c2ccccc2O1. The predicted molar refractivity (Wildman–Crippen MR) is 91.0 cm³/mol. The van der Waals surface area contributed by atoms with Gasteiger partial charge in [-0.3, -0.25) is 9.10 Å². The van der Waals surface area contributed by atoms with Gasteiger partial charge in [-0.1, -0.05) is 35.3 Å². The number of carbonyl (C=O) groups excluding carboxylic acids is 1. The number of nitrogens with zero attached hydrogens (tertiary/aromatic N) is 1. The molecule has 3 rings (SSSR count). The predicted octanol–water partition coefficient (Wildman–Crippen LogP) is 2.44. The van der Waals surface area contributed by atoms with Crippen molar-refractivity contribution in [2.75, 3.05) is 10.8 Å². The zero-order valence-electron chi connectivity index (χ0n) is 12.1. The van der Waals surface area contributed by atoms with Crippen LogP contribution in [0.4, 0.5) is 5.69 Å². The standard InChI is InChI=1S/C15H12Cl2N2O4S/c16-9-5-10(17)7-11(6-9)24(21,22)19-8-14(15(18)20)23-13-4-2-1-3-12(13)19/h1-7,14H,8H2,(H2,18,20). The van der Waals surface area contributed by atoms with Gasteiger partial charge in [0.2, 0.25) is 0 Å². The van der Waals surface area contributed by atoms with Crippen molar-refractivity contribution >= 4 is 44.8 Å². The Hall–Kier alpha value is -1.96. The van der Waals surface area contributed by atoms with Gasteiger partial charge in [-0.25, -0.2) is 8.42 Å². The van der Waals surface area contributed by atoms with Crippen LogP contribution in [0.25, 0.3) is 0 Å². The van der Waals surface area contributed by atoms with Crippen molar-refractivity contribution in [3.05, 3.63) is 52.5 Å². The molecule has 1 heterocycles. The van der Waals surface area contributed by atoms with Crippen LogP contribution < -0.4 is 14.8 Å². The molecule has 0 saturated carbocycles. The van der Waals surface area contributed by atoms with Crippen LogP contribution in [0.5, 0.6) is 5.75 Å². The molecule has 0 aliphatic carbocycles. The third kappa shape index (κ3) is 3.02. The third-order valence-electron chi connectivity index (χ3n) is 3.48. The number of amides is 1. The molecule has 1 atom stereocenters. The average Bonchev–Trinajstić information content (AvgIpc) is 2.52. The van der Waals surface area contributed by atoms with E-state index in [0.717, 1.165) is 4.31 Å². The number of benzene rings is 2. The lowest BCUT2D eigenvalue weighted by atomic mass is 10.2. The molecule has 2 aromatic carbocycles. The number of para-hydroxylation sites is 2. The second kappa shape index (κ2) is 6.16. The number of fused-ring (bicyclic) bond motifs is 1. The first-order chi connectivity index (χ1) is 11.3. The minimum Gasteiger partial charge on any atom is -0.476 e. The maximum absolute atomic E-state index is 13.0. The molecule has 9 heteroatoms. The maximum Gasteiger partial charge on any atom is 0.264 e. The second-order valence-electron chi connectivity index (χ2n) is 5.12. The number of halogens is 2. The molecular weight excluding hydrogens is 375 g/mol. The van der Waals surface area contributed by atoms with Crippen molar-refractivity contribution < 1.29 is 17.9 Å². The number of hydrogen-bond acceptors (Lipinski definition) is 4. The topological polar surface area (TPSA) is 89.7 Å². The van der Waals surface area contributed by atoms with Gasteiger partial charge in [0.15, 0.2) is 6.10 Å². The van der Waals surface area contributed by atoms with Crippen molar-refractivity contribution in [1.29, 1.82) is 0 Å². The summed E-state index contributed by atoms with van der Waals surface area (Å²) < 4.78 is 32.6. The smallest absolute Gasteiger partial charge is 0.264 e. The normalized spacial score (nSPS) is 17.1. The number of rotatable bonds is 3. The molecule has 0 aromatic heterocycles. The summed E-state index contributed by atoms with van der Waals surface area (Å²) in [6.45, 7) is -0.237. The maximum atomic E-state index is 13.0. The van der Waals surface area contributed by atoms with Crippen LogP contribution >= 0.6 is 23.2 Å². The van der Waals surface area contributed by atoms with E-state index < -0.39 is 22.0 Å². The van der Waals surface area contributed by atoms with Crippen LogP contribution in [0.3, 0.4) is 0 Å². The van der Waals surface area contributed by atoms with Gasteiger partial charge in [-0.2, -0.15) is 0 Å². The summed E-state index contributed by atoms with van der Waals surface area (Å²) in [5, 5.41) is 0.378. The Bertz CT molecular complexity index is 897. The number of hydrogen-bond donors (Lipinski definition) is 1. The molecule has 0 spiro atoms. The quantitative estimate of drug-likeness (QED) is 0.876. The highest BCUT2D eigenvalue weighted by Crippen LogP contribution is 2.37. The lowest BCUT2D eigenvalue weighted by molar-refractivity contribution is -0.124. The highest BCUT2D eigenvalue weighted by atomic mass is 35.5. The highest BCUT2D eigenvalue weighted by molar-refractivity contribution is 7.92. The molecule has 1 amide bonds. The Morgan fingerprint density at radius 1 is 1.17 bits per heavy atom. The lowest BCUT2D eigenvalue weighted by Gasteiger charge is -2.34. The van der Waals surface area contributed by atoms with E-state index in [-0.39, 0.29) is 27.2 Å². The van der Waals surface area contributed by atoms with Crippen LogP contribution in [-0.4, -0.2) is 27.0 Å². The fourth-order valence-electron chi connectivity index (χ4n) is 2.38. The Kier molecular flexibility index (Phi) is 4.33. The van der Waals surface area contributed by atoms with Gasteiger partial charge >= 0.3 is 0 Å². The molecule has 2 aromatic rings. The fourth-order valence-corrected chi connectivity index (χ4v) is 4.59. The largest absolute Gasteiger partial charge is 0.476 e. The van der Waals surface area contributed by atoms with E-state index in [2.05, 4.69) is 0 Å². The number of ether oxygens (including phenoxy) is 1. The molecule has 24 heavy (non-hydrogen) atoms. The van der Waals surface area contributed by atoms with Gasteiger partial charge in [0, 0.05) is 10.0 Å². The number of primary amides is 1. The monoisotopic (exact) mass is 386 g/mol. The average molecular weight is 387 g/mol. The highest BCUT2D eigenvalue weighted by Gasteiger charge is 2.36. The number of nitrogens with two attached hydrogens (primary N) is 1. The molecule has 0 fully saturated rings. The summed E-state index contributed by atoms with van der Waals surface area (Å²) in [5.41, 5.74) is 5.60. The molecular formula is C15H12Cl2N2O4S. The van der Waals surface area contributed by atoms with Crippen molar-refractivity contribution in [2.45, 2.75) is 11.0 Å². The Morgan fingerprint density at radius 3 is 2.42 bits per heavy atom. The summed E-state index contributed by atoms with van der Waals surface area (Å²) in [4.78, 5) is 11.4. The lowest BCUT2D eigenvalue weighted by Crippen LogP contribution is -2.49. The van der Waals surface area contributed by atoms with Gasteiger partial charge in [-0.15, -0.1) is 0 Å². The van der Waals surface area contributed by atoms with Crippen molar-refractivity contribution in [3.8, 4) is 5.75 Å². The van der Waals surface area contributed by atoms with E-state index in [9.17, 15) is 13.2 Å². The fraction of sp³-hybridized carbons (Fsp3) is 0.133. The molecule has 0 radical (unpaired) electrons. The van der Waals surface area contributed by atoms with Crippen LogP contribution in [0.2, 0.25) is 10.0 Å². The van der Waals surface area contributed by atoms with Gasteiger partial charge < -0.3 is 10.5 Å². The van der Waals surface area contributed by atoms with E-state index in [1.807, 2.05) is 0 Å². The van der Waals surface area contributed by atoms with Crippen molar-refractivity contribution in [1.82, 2.24) is 0 Å². The number of sulfonamides is 1. The Labute approximate surface area is 148 Å². The van der Waals surface area contributed by atoms with Crippen LogP contribution in [0.15, 0.2) is 47.4 Å². The molecule has 1 aliphatic heterocycles. The van der Waals surface area contributed by atoms with E-state index in [0.29, 0.717) is 5.69 Å². The van der Waals surface area contributed by atoms with Gasteiger partial charge in [0.05, 0.1) is 17.1 Å². The molecule has 0 bridgehead atoms. The van der Waals surface area contributed by atoms with E-state index in [4.69, 9.17) is 33.7 Å². The molecule has 1 aliphatic rings. The molecule has 0 saturated heterocycles. The van der Waals surface area contributed by atoms with Crippen LogP contribution in [-0.2, 0) is 14.8 Å². The summed E-state index contributed by atoms with van der Waals surface area (Å²) in [5.74, 6) is -0.502. The first kappa shape index (κ1) is 16.9. The van der Waals surface area contributed by atoms with Crippen LogP contribution in [0.1, 0.15) is 0 Å². The molecule has 2 N–H and O–H groups in total. The zero-order valence-corrected chi connectivity index (χ0v) is 14.5. The van der Waals surface area contributed by atoms with E-state index in [1.54, 1.807) is 24.3 Å². The van der Waals surface area contributed by atoms with E-state index in [1.165, 1.54) is 18.2 Å².